The molecule has 1 aromatic carbocycles. The largest absolute Gasteiger partial charge is 0.370 e. The number of rotatable bonds is 5. The number of fused-ring (bicyclic) bond motifs is 2. The van der Waals surface area contributed by atoms with E-state index in [1.807, 2.05) is 0 Å². The summed E-state index contributed by atoms with van der Waals surface area (Å²) in [5.74, 6) is 0.432. The highest BCUT2D eigenvalue weighted by Gasteiger charge is 2.27. The number of aryl methyl sites for hydroxylation is 1. The SMILES string of the molecule is CCN1C=C\C(=C/C=C/C=C/c2cc[n+](CC)c3ccccc23)C2C=CC=CC21. The highest BCUT2D eigenvalue weighted by Crippen LogP contribution is 2.30. The van der Waals surface area contributed by atoms with Crippen LogP contribution in [0.15, 0.2) is 103 Å². The van der Waals surface area contributed by atoms with E-state index in [-0.39, 0.29) is 0 Å². The number of aromatic nitrogens is 1. The normalized spacial score (nSPS) is 22.4. The number of pyridine rings is 1. The van der Waals surface area contributed by atoms with Gasteiger partial charge in [0.1, 0.15) is 6.54 Å². The summed E-state index contributed by atoms with van der Waals surface area (Å²) in [7, 11) is 0. The second-order valence-electron chi connectivity index (χ2n) is 7.42. The van der Waals surface area contributed by atoms with Gasteiger partial charge < -0.3 is 4.90 Å². The first-order valence-electron chi connectivity index (χ1n) is 10.6. The zero-order valence-corrected chi connectivity index (χ0v) is 17.3. The van der Waals surface area contributed by atoms with Gasteiger partial charge in [0.2, 0.25) is 5.52 Å². The van der Waals surface area contributed by atoms with Crippen molar-refractivity contribution in [3.05, 3.63) is 109 Å². The number of allylic oxidation sites excluding steroid dienone is 7. The van der Waals surface area contributed by atoms with Crippen LogP contribution in [-0.4, -0.2) is 17.5 Å². The fraction of sp³-hybridized carbons (Fsp3) is 0.222. The maximum atomic E-state index is 2.40. The number of hydrogen-bond donors (Lipinski definition) is 0. The van der Waals surface area contributed by atoms with Gasteiger partial charge in [0.05, 0.1) is 11.4 Å². The van der Waals surface area contributed by atoms with Crippen molar-refractivity contribution in [3.63, 3.8) is 0 Å². The summed E-state index contributed by atoms with van der Waals surface area (Å²) in [6.45, 7) is 6.40. The summed E-state index contributed by atoms with van der Waals surface area (Å²) in [4.78, 5) is 2.40. The van der Waals surface area contributed by atoms with Gasteiger partial charge in [0, 0.05) is 24.6 Å². The molecule has 0 amide bonds. The molecule has 0 saturated carbocycles. The van der Waals surface area contributed by atoms with Crippen LogP contribution in [0.4, 0.5) is 0 Å². The summed E-state index contributed by atoms with van der Waals surface area (Å²) in [6.07, 6.45) is 26.4. The molecule has 0 saturated heterocycles. The lowest BCUT2D eigenvalue weighted by Crippen LogP contribution is -2.39. The molecule has 2 unspecified atom stereocenters. The molecule has 2 aromatic rings. The minimum absolute atomic E-state index is 0.432. The van der Waals surface area contributed by atoms with Crippen LogP contribution in [0.2, 0.25) is 0 Å². The van der Waals surface area contributed by atoms with Crippen LogP contribution in [0, 0.1) is 5.92 Å². The van der Waals surface area contributed by atoms with E-state index in [4.69, 9.17) is 0 Å². The highest BCUT2D eigenvalue weighted by molar-refractivity contribution is 5.85. The molecule has 146 valence electrons. The molecule has 0 N–H and O–H groups in total. The van der Waals surface area contributed by atoms with Crippen molar-refractivity contribution in [2.75, 3.05) is 6.54 Å². The first-order valence-corrected chi connectivity index (χ1v) is 10.6. The van der Waals surface area contributed by atoms with E-state index in [9.17, 15) is 0 Å². The molecule has 0 fully saturated rings. The molecule has 2 atom stereocenters. The lowest BCUT2D eigenvalue weighted by Gasteiger charge is -2.38. The topological polar surface area (TPSA) is 7.12 Å². The predicted molar refractivity (Wildman–Crippen MR) is 123 cm³/mol. The van der Waals surface area contributed by atoms with E-state index < -0.39 is 0 Å². The lowest BCUT2D eigenvalue weighted by atomic mass is 9.84. The molecule has 2 nitrogen and oxygen atoms in total. The van der Waals surface area contributed by atoms with Crippen LogP contribution in [-0.2, 0) is 6.54 Å². The molecule has 4 rings (SSSR count). The fourth-order valence-electron chi connectivity index (χ4n) is 4.22. The number of benzene rings is 1. The standard InChI is InChI=1S/C27H29N2/c1-3-28-20-18-22(24-14-8-10-16-26(24)28)12-6-5-7-13-23-19-21-29(4-2)27-17-11-9-15-25(23)27/h5-21,24,26H,3-4H2,1-2H3/q+1. The Labute approximate surface area is 174 Å². The zero-order chi connectivity index (χ0) is 20.1. The fourth-order valence-corrected chi connectivity index (χ4v) is 4.22. The van der Waals surface area contributed by atoms with E-state index >= 15 is 0 Å². The van der Waals surface area contributed by atoms with Crippen molar-refractivity contribution in [2.24, 2.45) is 5.92 Å². The van der Waals surface area contributed by atoms with Gasteiger partial charge in [0.15, 0.2) is 6.20 Å². The van der Waals surface area contributed by atoms with Crippen LogP contribution in [0.5, 0.6) is 0 Å². The second kappa shape index (κ2) is 8.91. The molecular weight excluding hydrogens is 352 g/mol. The van der Waals surface area contributed by atoms with Gasteiger partial charge in [-0.2, -0.15) is 4.57 Å². The Hall–Kier alpha value is -3.13. The molecule has 2 heterocycles. The van der Waals surface area contributed by atoms with E-state index in [2.05, 4.69) is 127 Å². The molecule has 0 radical (unpaired) electrons. The Morgan fingerprint density at radius 1 is 1.00 bits per heavy atom. The first-order chi connectivity index (χ1) is 14.3. The lowest BCUT2D eigenvalue weighted by molar-refractivity contribution is -0.667. The van der Waals surface area contributed by atoms with Gasteiger partial charge in [-0.15, -0.1) is 0 Å². The zero-order valence-electron chi connectivity index (χ0n) is 17.3. The second-order valence-corrected chi connectivity index (χ2v) is 7.42. The minimum Gasteiger partial charge on any atom is -0.370 e. The van der Waals surface area contributed by atoms with Crippen molar-refractivity contribution < 1.29 is 4.57 Å². The Bertz CT molecular complexity index is 1050. The molecule has 2 aliphatic rings. The number of likely N-dealkylation sites (N-methyl/N-ethyl adjacent to an activating group) is 1. The van der Waals surface area contributed by atoms with Crippen LogP contribution in [0.25, 0.3) is 17.0 Å². The predicted octanol–water partition coefficient (Wildman–Crippen LogP) is 5.60. The molecule has 1 aliphatic carbocycles. The number of para-hydroxylation sites is 1. The molecule has 2 heteroatoms. The number of nitrogens with zero attached hydrogens (tertiary/aromatic N) is 2. The van der Waals surface area contributed by atoms with Crippen LogP contribution in [0.3, 0.4) is 0 Å². The third-order valence-electron chi connectivity index (χ3n) is 5.78. The average Bonchev–Trinajstić information content (AvgIpc) is 2.78. The smallest absolute Gasteiger partial charge is 0.213 e. The Kier molecular flexibility index (Phi) is 5.90. The summed E-state index contributed by atoms with van der Waals surface area (Å²) in [6, 6.07) is 11.2. The molecule has 0 spiro atoms. The summed E-state index contributed by atoms with van der Waals surface area (Å²) in [5.41, 5.74) is 3.89. The summed E-state index contributed by atoms with van der Waals surface area (Å²) >= 11 is 0. The summed E-state index contributed by atoms with van der Waals surface area (Å²) < 4.78 is 2.28. The monoisotopic (exact) mass is 381 g/mol. The molecule has 1 aliphatic heterocycles. The van der Waals surface area contributed by atoms with Gasteiger partial charge in [-0.05, 0) is 43.3 Å². The average molecular weight is 382 g/mol. The summed E-state index contributed by atoms with van der Waals surface area (Å²) in [5, 5.41) is 1.29. The quantitative estimate of drug-likeness (QED) is 0.483. The van der Waals surface area contributed by atoms with Crippen molar-refractivity contribution in [3.8, 4) is 0 Å². The van der Waals surface area contributed by atoms with E-state index in [1.54, 1.807) is 0 Å². The maximum Gasteiger partial charge on any atom is 0.213 e. The van der Waals surface area contributed by atoms with Gasteiger partial charge in [-0.25, -0.2) is 0 Å². The highest BCUT2D eigenvalue weighted by atomic mass is 15.1. The van der Waals surface area contributed by atoms with Crippen LogP contribution < -0.4 is 4.57 Å². The van der Waals surface area contributed by atoms with Gasteiger partial charge in [-0.1, -0.05) is 66.8 Å². The van der Waals surface area contributed by atoms with E-state index in [1.165, 1.54) is 22.0 Å². The molecule has 29 heavy (non-hydrogen) atoms. The Morgan fingerprint density at radius 3 is 2.72 bits per heavy atom. The Morgan fingerprint density at radius 2 is 1.86 bits per heavy atom. The van der Waals surface area contributed by atoms with Gasteiger partial charge in [-0.3, -0.25) is 0 Å². The molecule has 0 bridgehead atoms. The minimum atomic E-state index is 0.432. The van der Waals surface area contributed by atoms with Crippen molar-refractivity contribution in [1.29, 1.82) is 0 Å². The van der Waals surface area contributed by atoms with E-state index in [0.717, 1.165) is 13.1 Å². The third kappa shape index (κ3) is 4.02. The maximum absolute atomic E-state index is 2.40. The molecular formula is C27H29N2+. The Balaban J connectivity index is 1.52. The third-order valence-corrected chi connectivity index (χ3v) is 5.78. The van der Waals surface area contributed by atoms with Gasteiger partial charge in [0.25, 0.3) is 0 Å². The van der Waals surface area contributed by atoms with Crippen molar-refractivity contribution in [2.45, 2.75) is 26.4 Å². The first kappa shape index (κ1) is 19.2. The number of hydrogen-bond acceptors (Lipinski definition) is 1. The van der Waals surface area contributed by atoms with Crippen LogP contribution >= 0.6 is 0 Å². The van der Waals surface area contributed by atoms with Crippen molar-refractivity contribution >= 4 is 17.0 Å². The van der Waals surface area contributed by atoms with E-state index in [0.29, 0.717) is 12.0 Å². The van der Waals surface area contributed by atoms with Gasteiger partial charge >= 0.3 is 0 Å². The molecule has 1 aromatic heterocycles. The van der Waals surface area contributed by atoms with Crippen molar-refractivity contribution in [1.82, 2.24) is 4.90 Å². The van der Waals surface area contributed by atoms with Crippen LogP contribution in [0.1, 0.15) is 19.4 Å².